The lowest BCUT2D eigenvalue weighted by Gasteiger charge is -2.36. The highest BCUT2D eigenvalue weighted by atomic mass is 127. The molecule has 0 radical (unpaired) electrons. The van der Waals surface area contributed by atoms with E-state index in [0.717, 1.165) is 28.4 Å². The Morgan fingerprint density at radius 1 is 0.875 bits per heavy atom. The van der Waals surface area contributed by atoms with Gasteiger partial charge in [-0.2, -0.15) is 0 Å². The number of ether oxygens (including phenoxy) is 3. The summed E-state index contributed by atoms with van der Waals surface area (Å²) in [6.45, 7) is 0. The summed E-state index contributed by atoms with van der Waals surface area (Å²) in [7, 11) is 1.71. The molecule has 128 valence electrons. The van der Waals surface area contributed by atoms with Crippen molar-refractivity contribution in [3.63, 3.8) is 0 Å². The molecule has 1 saturated heterocycles. The number of hydrogen-bond donors (Lipinski definition) is 0. The fourth-order valence-electron chi connectivity index (χ4n) is 3.05. The number of rotatable bonds is 4. The van der Waals surface area contributed by atoms with Crippen LogP contribution in [0.15, 0.2) is 60.7 Å². The third kappa shape index (κ3) is 4.36. The van der Waals surface area contributed by atoms with Crippen molar-refractivity contribution in [3.05, 3.63) is 71.8 Å². The normalized spacial score (nSPS) is 28.1. The number of halogens is 1. The van der Waals surface area contributed by atoms with E-state index in [4.69, 9.17) is 14.2 Å². The minimum atomic E-state index is -0.212. The molecule has 4 heteroatoms. The average molecular weight is 438 g/mol. The van der Waals surface area contributed by atoms with Crippen molar-refractivity contribution in [2.45, 2.75) is 37.4 Å². The van der Waals surface area contributed by atoms with E-state index in [1.54, 1.807) is 7.11 Å². The van der Waals surface area contributed by atoms with Gasteiger partial charge in [-0.15, -0.1) is 0 Å². The van der Waals surface area contributed by atoms with Gasteiger partial charge in [0.15, 0.2) is 6.29 Å². The lowest BCUT2D eigenvalue weighted by atomic mass is 9.96. The van der Waals surface area contributed by atoms with Gasteiger partial charge in [0.05, 0.1) is 6.10 Å². The summed E-state index contributed by atoms with van der Waals surface area (Å²) in [5, 5.41) is 0. The Bertz CT molecular complexity index is 549. The van der Waals surface area contributed by atoms with Crippen LogP contribution in [0.5, 0.6) is 0 Å². The van der Waals surface area contributed by atoms with Gasteiger partial charge in [0, 0.05) is 18.0 Å². The molecule has 0 amide bonds. The molecular weight excluding hydrogens is 415 g/mol. The number of methoxy groups -OCH3 is 1. The topological polar surface area (TPSA) is 27.7 Å². The molecule has 24 heavy (non-hydrogen) atoms. The molecule has 0 spiro atoms. The molecule has 3 nitrogen and oxygen atoms in total. The second kappa shape index (κ2) is 8.94. The third-order valence-electron chi connectivity index (χ3n) is 4.33. The maximum Gasteiger partial charge on any atom is 0.158 e. The molecule has 0 saturated carbocycles. The second-order valence-corrected chi connectivity index (χ2v) is 6.83. The number of benzene rings is 2. The maximum absolute atomic E-state index is 6.50. The zero-order chi connectivity index (χ0) is 16.8. The highest BCUT2D eigenvalue weighted by molar-refractivity contribution is 14.1. The van der Waals surface area contributed by atoms with Crippen molar-refractivity contribution in [2.24, 2.45) is 0 Å². The van der Waals surface area contributed by atoms with E-state index >= 15 is 0 Å². The van der Waals surface area contributed by atoms with E-state index < -0.39 is 0 Å². The smallest absolute Gasteiger partial charge is 0.158 e. The summed E-state index contributed by atoms with van der Waals surface area (Å²) < 4.78 is 19.4. The SMILES string of the molecule is CO[C@H]1CC[C@@H](CI)O[C@H](c2ccccc2)[C@@H](c2ccccc2)O1. The van der Waals surface area contributed by atoms with E-state index in [1.807, 2.05) is 36.4 Å². The van der Waals surface area contributed by atoms with Gasteiger partial charge in [-0.1, -0.05) is 83.3 Å². The minimum absolute atomic E-state index is 0.147. The van der Waals surface area contributed by atoms with E-state index in [1.165, 1.54) is 0 Å². The quantitative estimate of drug-likeness (QED) is 0.493. The Hall–Kier alpha value is -0.950. The largest absolute Gasteiger partial charge is 0.366 e. The van der Waals surface area contributed by atoms with Crippen LogP contribution in [0.4, 0.5) is 0 Å². The standard InChI is InChI=1S/C20H23IO3/c1-22-18-13-12-17(14-21)23-19(15-8-4-2-5-9-15)20(24-18)16-10-6-3-7-11-16/h2-11,17-20H,12-14H2,1H3/t17-,18+,19+,20+/m0/s1. The predicted molar refractivity (Wildman–Crippen MR) is 103 cm³/mol. The molecule has 1 aliphatic heterocycles. The lowest BCUT2D eigenvalue weighted by Crippen LogP contribution is -2.32. The zero-order valence-corrected chi connectivity index (χ0v) is 16.0. The van der Waals surface area contributed by atoms with E-state index in [2.05, 4.69) is 46.9 Å². The fraction of sp³-hybridized carbons (Fsp3) is 0.400. The van der Waals surface area contributed by atoms with Crippen molar-refractivity contribution in [1.82, 2.24) is 0 Å². The molecular formula is C20H23IO3. The molecule has 1 aliphatic rings. The van der Waals surface area contributed by atoms with Gasteiger partial charge in [0.25, 0.3) is 0 Å². The van der Waals surface area contributed by atoms with Gasteiger partial charge < -0.3 is 14.2 Å². The van der Waals surface area contributed by atoms with Crippen molar-refractivity contribution in [1.29, 1.82) is 0 Å². The molecule has 0 aromatic heterocycles. The zero-order valence-electron chi connectivity index (χ0n) is 13.8. The summed E-state index contributed by atoms with van der Waals surface area (Å²) in [4.78, 5) is 0. The van der Waals surface area contributed by atoms with Crippen molar-refractivity contribution >= 4 is 22.6 Å². The van der Waals surface area contributed by atoms with Crippen LogP contribution in [-0.2, 0) is 14.2 Å². The molecule has 0 bridgehead atoms. The van der Waals surface area contributed by atoms with E-state index in [9.17, 15) is 0 Å². The first-order valence-electron chi connectivity index (χ1n) is 8.31. The molecule has 2 aromatic carbocycles. The minimum Gasteiger partial charge on any atom is -0.366 e. The summed E-state index contributed by atoms with van der Waals surface area (Å²) in [6.07, 6.45) is 1.43. The molecule has 3 rings (SSSR count). The summed E-state index contributed by atoms with van der Waals surface area (Å²) in [5.41, 5.74) is 2.25. The van der Waals surface area contributed by atoms with Crippen LogP contribution in [0, 0.1) is 0 Å². The Kier molecular flexibility index (Phi) is 6.66. The monoisotopic (exact) mass is 438 g/mol. The van der Waals surface area contributed by atoms with Crippen molar-refractivity contribution in [3.8, 4) is 0 Å². The van der Waals surface area contributed by atoms with E-state index in [-0.39, 0.29) is 24.6 Å². The number of hydrogen-bond acceptors (Lipinski definition) is 3. The third-order valence-corrected chi connectivity index (χ3v) is 5.31. The van der Waals surface area contributed by atoms with Gasteiger partial charge in [-0.25, -0.2) is 0 Å². The summed E-state index contributed by atoms with van der Waals surface area (Å²) in [6, 6.07) is 20.6. The first-order valence-corrected chi connectivity index (χ1v) is 9.84. The number of alkyl halides is 1. The predicted octanol–water partition coefficient (Wildman–Crippen LogP) is 5.07. The van der Waals surface area contributed by atoms with Crippen LogP contribution in [0.25, 0.3) is 0 Å². The fourth-order valence-corrected chi connectivity index (χ4v) is 3.70. The van der Waals surface area contributed by atoms with Gasteiger partial charge in [0.1, 0.15) is 12.2 Å². The summed E-state index contributed by atoms with van der Waals surface area (Å²) in [5.74, 6) is 0. The molecule has 1 heterocycles. The Labute approximate surface area is 157 Å². The van der Waals surface area contributed by atoms with Gasteiger partial charge in [-0.3, -0.25) is 0 Å². The average Bonchev–Trinajstić information content (AvgIpc) is 2.64. The van der Waals surface area contributed by atoms with Crippen LogP contribution in [0.1, 0.15) is 36.2 Å². The first kappa shape index (κ1) is 17.9. The van der Waals surface area contributed by atoms with Crippen molar-refractivity contribution in [2.75, 3.05) is 11.5 Å². The van der Waals surface area contributed by atoms with Gasteiger partial charge >= 0.3 is 0 Å². The second-order valence-electron chi connectivity index (χ2n) is 5.95. The van der Waals surface area contributed by atoms with Crippen LogP contribution in [0.3, 0.4) is 0 Å². The lowest BCUT2D eigenvalue weighted by molar-refractivity contribution is -0.219. The van der Waals surface area contributed by atoms with Gasteiger partial charge in [0.2, 0.25) is 0 Å². The molecule has 0 aliphatic carbocycles. The highest BCUT2D eigenvalue weighted by Crippen LogP contribution is 2.39. The Morgan fingerprint density at radius 3 is 1.92 bits per heavy atom. The van der Waals surface area contributed by atoms with Crippen molar-refractivity contribution < 1.29 is 14.2 Å². The molecule has 0 unspecified atom stereocenters. The maximum atomic E-state index is 6.50. The van der Waals surface area contributed by atoms with E-state index in [0.29, 0.717) is 0 Å². The first-order chi connectivity index (χ1) is 11.8. The van der Waals surface area contributed by atoms with Crippen LogP contribution in [-0.4, -0.2) is 23.9 Å². The van der Waals surface area contributed by atoms with Crippen LogP contribution >= 0.6 is 22.6 Å². The summed E-state index contributed by atoms with van der Waals surface area (Å²) >= 11 is 2.40. The molecule has 2 aromatic rings. The van der Waals surface area contributed by atoms with Crippen LogP contribution in [0.2, 0.25) is 0 Å². The Morgan fingerprint density at radius 2 is 1.42 bits per heavy atom. The highest BCUT2D eigenvalue weighted by Gasteiger charge is 2.33. The Balaban J connectivity index is 1.99. The van der Waals surface area contributed by atoms with Gasteiger partial charge in [-0.05, 0) is 17.5 Å². The van der Waals surface area contributed by atoms with Crippen LogP contribution < -0.4 is 0 Å². The molecule has 4 atom stereocenters. The molecule has 0 N–H and O–H groups in total. The molecule has 1 fully saturated rings.